The van der Waals surface area contributed by atoms with Gasteiger partial charge in [-0.25, -0.2) is 9.50 Å². The first kappa shape index (κ1) is 13.4. The summed E-state index contributed by atoms with van der Waals surface area (Å²) in [6, 6.07) is 13.5. The topological polar surface area (TPSA) is 76.5 Å². The van der Waals surface area contributed by atoms with Gasteiger partial charge in [-0.05, 0) is 12.1 Å². The van der Waals surface area contributed by atoms with Gasteiger partial charge in [-0.3, -0.25) is 5.10 Å². The molecule has 4 rings (SSSR count). The third-order valence-corrected chi connectivity index (χ3v) is 3.61. The van der Waals surface area contributed by atoms with E-state index in [0.29, 0.717) is 23.2 Å². The lowest BCUT2D eigenvalue weighted by Crippen LogP contribution is -1.94. The van der Waals surface area contributed by atoms with Gasteiger partial charge >= 0.3 is 0 Å². The molecule has 0 atom stereocenters. The molecule has 0 aliphatic rings. The van der Waals surface area contributed by atoms with Crippen LogP contribution in [0.1, 0.15) is 0 Å². The Bertz CT molecular complexity index is 974. The lowest BCUT2D eigenvalue weighted by Gasteiger charge is -2.06. The van der Waals surface area contributed by atoms with Gasteiger partial charge in [0.15, 0.2) is 11.5 Å². The fourth-order valence-electron chi connectivity index (χ4n) is 2.52. The highest BCUT2D eigenvalue weighted by atomic mass is 16.5. The minimum Gasteiger partial charge on any atom is -0.493 e. The summed E-state index contributed by atoms with van der Waals surface area (Å²) >= 11 is 0. The Morgan fingerprint density at radius 3 is 2.48 bits per heavy atom. The Hall–Kier alpha value is -3.22. The highest BCUT2D eigenvalue weighted by Crippen LogP contribution is 2.32. The number of ether oxygens (including phenoxy) is 2. The fourth-order valence-corrected chi connectivity index (χ4v) is 2.52. The van der Waals surface area contributed by atoms with Gasteiger partial charge in [0.25, 0.3) is 5.78 Å². The van der Waals surface area contributed by atoms with Crippen molar-refractivity contribution in [3.8, 4) is 11.5 Å². The molecule has 0 radical (unpaired) electrons. The van der Waals surface area contributed by atoms with Crippen LogP contribution in [0.15, 0.2) is 42.5 Å². The minimum atomic E-state index is 0.578. The second-order valence-corrected chi connectivity index (χ2v) is 5.01. The summed E-state index contributed by atoms with van der Waals surface area (Å²) in [5.41, 5.74) is 2.60. The Balaban J connectivity index is 1.80. The summed E-state index contributed by atoms with van der Waals surface area (Å²) in [6.07, 6.45) is 0. The molecule has 7 nitrogen and oxygen atoms in total. The number of imidazole rings is 1. The van der Waals surface area contributed by atoms with Gasteiger partial charge in [-0.1, -0.05) is 18.2 Å². The molecule has 0 aliphatic carbocycles. The summed E-state index contributed by atoms with van der Waals surface area (Å²) in [4.78, 5) is 8.97. The number of fused-ring (bicyclic) bond motifs is 3. The normalized spacial score (nSPS) is 11.0. The number of methoxy groups -OCH3 is 2. The van der Waals surface area contributed by atoms with Crippen LogP contribution in [0.3, 0.4) is 0 Å². The largest absolute Gasteiger partial charge is 0.493 e. The maximum absolute atomic E-state index is 5.35. The summed E-state index contributed by atoms with van der Waals surface area (Å²) in [6.45, 7) is 0. The lowest BCUT2D eigenvalue weighted by molar-refractivity contribution is 0.355. The molecule has 0 aliphatic heterocycles. The van der Waals surface area contributed by atoms with Crippen LogP contribution in [0.5, 0.6) is 11.5 Å². The van der Waals surface area contributed by atoms with Crippen LogP contribution < -0.4 is 14.8 Å². The van der Waals surface area contributed by atoms with E-state index in [1.54, 1.807) is 14.2 Å². The SMILES string of the molecule is COc1cc2nc3nc(Nc4ccccc4)[nH]n3c2cc1OC. The molecule has 0 fully saturated rings. The van der Waals surface area contributed by atoms with Crippen molar-refractivity contribution in [1.29, 1.82) is 0 Å². The molecule has 23 heavy (non-hydrogen) atoms. The van der Waals surface area contributed by atoms with Crippen molar-refractivity contribution in [3.05, 3.63) is 42.5 Å². The van der Waals surface area contributed by atoms with E-state index in [0.717, 1.165) is 16.7 Å². The van der Waals surface area contributed by atoms with Crippen LogP contribution in [0.25, 0.3) is 16.8 Å². The van der Waals surface area contributed by atoms with Crippen molar-refractivity contribution in [2.75, 3.05) is 19.5 Å². The number of hydrogen-bond donors (Lipinski definition) is 2. The van der Waals surface area contributed by atoms with Crippen molar-refractivity contribution < 1.29 is 9.47 Å². The molecule has 0 amide bonds. The van der Waals surface area contributed by atoms with Crippen LogP contribution in [0.2, 0.25) is 0 Å². The number of nitrogens with zero attached hydrogens (tertiary/aromatic N) is 3. The number of aromatic amines is 1. The van der Waals surface area contributed by atoms with Gasteiger partial charge in [0, 0.05) is 17.8 Å². The summed E-state index contributed by atoms with van der Waals surface area (Å²) < 4.78 is 12.5. The zero-order chi connectivity index (χ0) is 15.8. The van der Waals surface area contributed by atoms with Crippen molar-refractivity contribution in [2.24, 2.45) is 0 Å². The molecule has 0 saturated carbocycles. The number of benzene rings is 2. The molecule has 2 N–H and O–H groups in total. The van der Waals surface area contributed by atoms with Crippen LogP contribution in [-0.4, -0.2) is 33.8 Å². The first-order valence-corrected chi connectivity index (χ1v) is 7.11. The van der Waals surface area contributed by atoms with E-state index in [-0.39, 0.29) is 0 Å². The number of anilines is 2. The quantitative estimate of drug-likeness (QED) is 0.606. The van der Waals surface area contributed by atoms with E-state index in [4.69, 9.17) is 9.47 Å². The van der Waals surface area contributed by atoms with Gasteiger partial charge in [-0.15, -0.1) is 0 Å². The summed E-state index contributed by atoms with van der Waals surface area (Å²) in [7, 11) is 3.21. The Labute approximate surface area is 131 Å². The van der Waals surface area contributed by atoms with E-state index in [2.05, 4.69) is 20.4 Å². The van der Waals surface area contributed by atoms with Crippen LogP contribution in [0, 0.1) is 0 Å². The van der Waals surface area contributed by atoms with E-state index in [1.165, 1.54) is 0 Å². The average Bonchev–Trinajstić information content (AvgIpc) is 3.11. The molecule has 2 aromatic carbocycles. The highest BCUT2D eigenvalue weighted by Gasteiger charge is 2.14. The second-order valence-electron chi connectivity index (χ2n) is 5.01. The first-order chi connectivity index (χ1) is 11.3. The van der Waals surface area contributed by atoms with Crippen molar-refractivity contribution in [3.63, 3.8) is 0 Å². The number of H-pyrrole nitrogens is 1. The second kappa shape index (κ2) is 5.20. The lowest BCUT2D eigenvalue weighted by atomic mass is 10.3. The van der Waals surface area contributed by atoms with Crippen molar-refractivity contribution >= 4 is 28.4 Å². The van der Waals surface area contributed by atoms with Gasteiger partial charge in [-0.2, -0.15) is 4.98 Å². The number of hydrogen-bond acceptors (Lipinski definition) is 5. The molecular weight excluding hydrogens is 294 g/mol. The molecule has 0 bridgehead atoms. The van der Waals surface area contributed by atoms with E-state index < -0.39 is 0 Å². The van der Waals surface area contributed by atoms with Gasteiger partial charge in [0.05, 0.1) is 25.3 Å². The summed E-state index contributed by atoms with van der Waals surface area (Å²) in [5, 5.41) is 6.40. The Kier molecular flexibility index (Phi) is 3.04. The molecule has 2 aromatic heterocycles. The minimum absolute atomic E-state index is 0.578. The molecule has 4 aromatic rings. The molecule has 116 valence electrons. The standard InChI is InChI=1S/C16H15N5O2/c1-22-13-8-11-12(9-14(13)23-2)21-16(18-11)19-15(20-21)17-10-6-4-3-5-7-10/h3-9H,1-2H3,(H2,17,18,19,20). The van der Waals surface area contributed by atoms with Gasteiger partial charge < -0.3 is 14.8 Å². The zero-order valence-electron chi connectivity index (χ0n) is 12.7. The summed E-state index contributed by atoms with van der Waals surface area (Å²) in [5.74, 6) is 2.49. The number of rotatable bonds is 4. The Morgan fingerprint density at radius 1 is 1.00 bits per heavy atom. The van der Waals surface area contributed by atoms with Crippen molar-refractivity contribution in [2.45, 2.75) is 0 Å². The molecule has 0 saturated heterocycles. The van der Waals surface area contributed by atoms with Crippen molar-refractivity contribution in [1.82, 2.24) is 19.6 Å². The first-order valence-electron chi connectivity index (χ1n) is 7.11. The monoisotopic (exact) mass is 309 g/mol. The van der Waals surface area contributed by atoms with E-state index >= 15 is 0 Å². The van der Waals surface area contributed by atoms with E-state index in [1.807, 2.05) is 47.0 Å². The maximum atomic E-state index is 5.35. The smallest absolute Gasteiger partial charge is 0.253 e. The number of aromatic nitrogens is 4. The highest BCUT2D eigenvalue weighted by molar-refractivity contribution is 5.83. The number of nitrogens with one attached hydrogen (secondary N) is 2. The number of para-hydroxylation sites is 1. The third-order valence-electron chi connectivity index (χ3n) is 3.61. The van der Waals surface area contributed by atoms with Crippen LogP contribution >= 0.6 is 0 Å². The molecular formula is C16H15N5O2. The van der Waals surface area contributed by atoms with Gasteiger partial charge in [0.2, 0.25) is 5.95 Å². The maximum Gasteiger partial charge on any atom is 0.253 e. The fraction of sp³-hybridized carbons (Fsp3) is 0.125. The average molecular weight is 309 g/mol. The Morgan fingerprint density at radius 2 is 1.74 bits per heavy atom. The molecule has 0 spiro atoms. The predicted molar refractivity (Wildman–Crippen MR) is 87.7 cm³/mol. The van der Waals surface area contributed by atoms with E-state index in [9.17, 15) is 0 Å². The van der Waals surface area contributed by atoms with Crippen LogP contribution in [0.4, 0.5) is 11.6 Å². The molecule has 0 unspecified atom stereocenters. The molecule has 7 heteroatoms. The molecule has 2 heterocycles. The zero-order valence-corrected chi connectivity index (χ0v) is 12.7. The van der Waals surface area contributed by atoms with Crippen LogP contribution in [-0.2, 0) is 0 Å². The predicted octanol–water partition coefficient (Wildman–Crippen LogP) is 2.97. The third kappa shape index (κ3) is 2.22. The van der Waals surface area contributed by atoms with Gasteiger partial charge in [0.1, 0.15) is 0 Å².